The van der Waals surface area contributed by atoms with Crippen LogP contribution < -0.4 is 10.6 Å². The van der Waals surface area contributed by atoms with Crippen molar-refractivity contribution in [1.29, 1.82) is 0 Å². The standard InChI is InChI=1S/C13H24N2O/c1-10(11-5-2-3-6-11)15-12-7-4-8-14-13(16)9-12/h10-12,15H,2-9H2,1H3,(H,14,16). The number of amides is 1. The van der Waals surface area contributed by atoms with E-state index in [0.717, 1.165) is 25.3 Å². The third-order valence-electron chi connectivity index (χ3n) is 4.09. The SMILES string of the molecule is CC(NC1CCCNC(=O)C1)C1CCCC1. The van der Waals surface area contributed by atoms with Gasteiger partial charge in [-0.2, -0.15) is 0 Å². The average molecular weight is 224 g/mol. The number of rotatable bonds is 3. The lowest BCUT2D eigenvalue weighted by molar-refractivity contribution is -0.121. The molecule has 3 nitrogen and oxygen atoms in total. The van der Waals surface area contributed by atoms with E-state index in [0.29, 0.717) is 18.5 Å². The fraction of sp³-hybridized carbons (Fsp3) is 0.923. The van der Waals surface area contributed by atoms with Crippen LogP contribution in [-0.4, -0.2) is 24.5 Å². The Morgan fingerprint density at radius 2 is 2.00 bits per heavy atom. The number of carbonyl (C=O) groups is 1. The summed E-state index contributed by atoms with van der Waals surface area (Å²) in [6, 6.07) is 0.983. The van der Waals surface area contributed by atoms with Crippen molar-refractivity contribution in [3.63, 3.8) is 0 Å². The van der Waals surface area contributed by atoms with Crippen molar-refractivity contribution in [2.45, 2.75) is 64.0 Å². The van der Waals surface area contributed by atoms with Gasteiger partial charge in [0.1, 0.15) is 0 Å². The molecule has 2 aliphatic rings. The summed E-state index contributed by atoms with van der Waals surface area (Å²) in [5.74, 6) is 1.06. The van der Waals surface area contributed by atoms with E-state index in [1.54, 1.807) is 0 Å². The molecule has 2 fully saturated rings. The van der Waals surface area contributed by atoms with E-state index >= 15 is 0 Å². The molecule has 2 atom stereocenters. The molecule has 0 radical (unpaired) electrons. The van der Waals surface area contributed by atoms with Crippen molar-refractivity contribution in [2.24, 2.45) is 5.92 Å². The fourth-order valence-electron chi connectivity index (χ4n) is 3.08. The van der Waals surface area contributed by atoms with Crippen molar-refractivity contribution in [1.82, 2.24) is 10.6 Å². The maximum atomic E-state index is 11.4. The van der Waals surface area contributed by atoms with Gasteiger partial charge < -0.3 is 10.6 Å². The van der Waals surface area contributed by atoms with E-state index in [-0.39, 0.29) is 5.91 Å². The van der Waals surface area contributed by atoms with Crippen molar-refractivity contribution in [3.8, 4) is 0 Å². The third-order valence-corrected chi connectivity index (χ3v) is 4.09. The van der Waals surface area contributed by atoms with Crippen molar-refractivity contribution in [3.05, 3.63) is 0 Å². The predicted octanol–water partition coefficient (Wildman–Crippen LogP) is 1.82. The summed E-state index contributed by atoms with van der Waals surface area (Å²) in [6.07, 6.45) is 8.43. The molecule has 1 heterocycles. The lowest BCUT2D eigenvalue weighted by Crippen LogP contribution is -2.41. The molecule has 2 rings (SSSR count). The molecule has 1 aliphatic heterocycles. The van der Waals surface area contributed by atoms with Gasteiger partial charge >= 0.3 is 0 Å². The van der Waals surface area contributed by atoms with E-state index in [4.69, 9.17) is 0 Å². The molecule has 0 aromatic rings. The predicted molar refractivity (Wildman–Crippen MR) is 65.2 cm³/mol. The summed E-state index contributed by atoms with van der Waals surface area (Å²) in [5, 5.41) is 6.61. The molecule has 92 valence electrons. The highest BCUT2D eigenvalue weighted by molar-refractivity contribution is 5.76. The summed E-state index contributed by atoms with van der Waals surface area (Å²) in [5.41, 5.74) is 0. The highest BCUT2D eigenvalue weighted by Crippen LogP contribution is 2.28. The Morgan fingerprint density at radius 1 is 1.25 bits per heavy atom. The molecule has 1 amide bonds. The number of nitrogens with one attached hydrogen (secondary N) is 2. The van der Waals surface area contributed by atoms with Gasteiger partial charge in [0.05, 0.1) is 0 Å². The van der Waals surface area contributed by atoms with Crippen LogP contribution in [0.15, 0.2) is 0 Å². The number of hydrogen-bond acceptors (Lipinski definition) is 2. The van der Waals surface area contributed by atoms with E-state index in [9.17, 15) is 4.79 Å². The first-order chi connectivity index (χ1) is 7.75. The number of hydrogen-bond donors (Lipinski definition) is 2. The maximum Gasteiger partial charge on any atom is 0.221 e. The smallest absolute Gasteiger partial charge is 0.221 e. The molecule has 3 heteroatoms. The maximum absolute atomic E-state index is 11.4. The van der Waals surface area contributed by atoms with Gasteiger partial charge in [-0.25, -0.2) is 0 Å². The lowest BCUT2D eigenvalue weighted by Gasteiger charge is -2.25. The molecule has 2 unspecified atom stereocenters. The van der Waals surface area contributed by atoms with Gasteiger partial charge in [0, 0.05) is 25.0 Å². The van der Waals surface area contributed by atoms with Crippen LogP contribution in [0.3, 0.4) is 0 Å². The van der Waals surface area contributed by atoms with Crippen LogP contribution in [0.1, 0.15) is 51.9 Å². The summed E-state index contributed by atoms with van der Waals surface area (Å²) in [4.78, 5) is 11.4. The molecular formula is C13H24N2O. The second-order valence-corrected chi connectivity index (χ2v) is 5.39. The van der Waals surface area contributed by atoms with Gasteiger partial charge in [-0.15, -0.1) is 0 Å². The molecule has 0 spiro atoms. The molecule has 1 saturated heterocycles. The molecule has 1 saturated carbocycles. The molecular weight excluding hydrogens is 200 g/mol. The molecule has 0 bridgehead atoms. The van der Waals surface area contributed by atoms with E-state index in [1.165, 1.54) is 25.7 Å². The van der Waals surface area contributed by atoms with Crippen LogP contribution in [0, 0.1) is 5.92 Å². The Bertz CT molecular complexity index is 236. The minimum atomic E-state index is 0.216. The second kappa shape index (κ2) is 5.67. The summed E-state index contributed by atoms with van der Waals surface area (Å²) in [6.45, 7) is 3.15. The Kier molecular flexibility index (Phi) is 4.22. The van der Waals surface area contributed by atoms with Crippen molar-refractivity contribution in [2.75, 3.05) is 6.54 Å². The van der Waals surface area contributed by atoms with Gasteiger partial charge in [0.15, 0.2) is 0 Å². The van der Waals surface area contributed by atoms with Crippen LogP contribution >= 0.6 is 0 Å². The summed E-state index contributed by atoms with van der Waals surface area (Å²) in [7, 11) is 0. The van der Waals surface area contributed by atoms with Crippen molar-refractivity contribution < 1.29 is 4.79 Å². The van der Waals surface area contributed by atoms with Gasteiger partial charge in [0.25, 0.3) is 0 Å². The zero-order valence-electron chi connectivity index (χ0n) is 10.3. The molecule has 1 aliphatic carbocycles. The molecule has 2 N–H and O–H groups in total. The highest BCUT2D eigenvalue weighted by atomic mass is 16.1. The Balaban J connectivity index is 1.80. The second-order valence-electron chi connectivity index (χ2n) is 5.39. The van der Waals surface area contributed by atoms with Gasteiger partial charge in [-0.05, 0) is 38.5 Å². The topological polar surface area (TPSA) is 41.1 Å². The molecule has 16 heavy (non-hydrogen) atoms. The fourth-order valence-corrected chi connectivity index (χ4v) is 3.08. The zero-order chi connectivity index (χ0) is 11.4. The lowest BCUT2D eigenvalue weighted by atomic mass is 9.97. The van der Waals surface area contributed by atoms with Crippen LogP contribution in [0.5, 0.6) is 0 Å². The Hall–Kier alpha value is -0.570. The first kappa shape index (κ1) is 11.9. The quantitative estimate of drug-likeness (QED) is 0.768. The van der Waals surface area contributed by atoms with Gasteiger partial charge in [0.2, 0.25) is 5.91 Å². The van der Waals surface area contributed by atoms with Gasteiger partial charge in [-0.1, -0.05) is 12.8 Å². The van der Waals surface area contributed by atoms with Crippen LogP contribution in [0.4, 0.5) is 0 Å². The Morgan fingerprint density at radius 3 is 2.75 bits per heavy atom. The summed E-state index contributed by atoms with van der Waals surface area (Å²) >= 11 is 0. The van der Waals surface area contributed by atoms with E-state index in [1.807, 2.05) is 0 Å². The Labute approximate surface area is 98.4 Å². The van der Waals surface area contributed by atoms with Crippen LogP contribution in [0.25, 0.3) is 0 Å². The summed E-state index contributed by atoms with van der Waals surface area (Å²) < 4.78 is 0. The van der Waals surface area contributed by atoms with Crippen LogP contribution in [-0.2, 0) is 4.79 Å². The first-order valence-electron chi connectivity index (χ1n) is 6.78. The first-order valence-corrected chi connectivity index (χ1v) is 6.78. The minimum absolute atomic E-state index is 0.216. The molecule has 0 aromatic carbocycles. The normalized spacial score (nSPS) is 29.8. The average Bonchev–Trinajstić information content (AvgIpc) is 2.70. The third kappa shape index (κ3) is 3.21. The van der Waals surface area contributed by atoms with Crippen molar-refractivity contribution >= 4 is 5.91 Å². The monoisotopic (exact) mass is 224 g/mol. The minimum Gasteiger partial charge on any atom is -0.356 e. The number of carbonyl (C=O) groups excluding carboxylic acids is 1. The van der Waals surface area contributed by atoms with E-state index in [2.05, 4.69) is 17.6 Å². The molecule has 0 aromatic heterocycles. The highest BCUT2D eigenvalue weighted by Gasteiger charge is 2.25. The van der Waals surface area contributed by atoms with Gasteiger partial charge in [-0.3, -0.25) is 4.79 Å². The zero-order valence-corrected chi connectivity index (χ0v) is 10.3. The van der Waals surface area contributed by atoms with Crippen LogP contribution in [0.2, 0.25) is 0 Å². The van der Waals surface area contributed by atoms with E-state index < -0.39 is 0 Å². The largest absolute Gasteiger partial charge is 0.356 e.